The van der Waals surface area contributed by atoms with Gasteiger partial charge in [-0.25, -0.2) is 9.38 Å². The minimum atomic E-state index is -0.231. The topological polar surface area (TPSA) is 56.6 Å². The van der Waals surface area contributed by atoms with Crippen LogP contribution in [-0.4, -0.2) is 18.2 Å². The number of benzene rings is 3. The van der Waals surface area contributed by atoms with Crippen molar-refractivity contribution in [3.8, 4) is 0 Å². The Balaban J connectivity index is 0.000000807. The predicted molar refractivity (Wildman–Crippen MR) is 130 cm³/mol. The highest BCUT2D eigenvalue weighted by Crippen LogP contribution is 2.33. The molecule has 0 saturated heterocycles. The summed E-state index contributed by atoms with van der Waals surface area (Å²) >= 11 is 1.53. The zero-order chi connectivity index (χ0) is 22.6. The van der Waals surface area contributed by atoms with Gasteiger partial charge in [-0.1, -0.05) is 74.0 Å². The summed E-state index contributed by atoms with van der Waals surface area (Å²) in [4.78, 5) is 5.64. The maximum absolute atomic E-state index is 13.8. The molecule has 4 rings (SSSR count). The van der Waals surface area contributed by atoms with Gasteiger partial charge in [0.1, 0.15) is 5.82 Å². The summed E-state index contributed by atoms with van der Waals surface area (Å²) in [6, 6.07) is 21.6. The molecule has 0 amide bonds. The number of rotatable bonds is 4. The molecule has 0 spiro atoms. The number of aliphatic hydroxyl groups is 1. The Labute approximate surface area is 188 Å². The Bertz CT molecular complexity index is 990. The fourth-order valence-electron chi connectivity index (χ4n) is 2.99. The number of halogens is 1. The van der Waals surface area contributed by atoms with E-state index in [1.54, 1.807) is 12.1 Å². The van der Waals surface area contributed by atoms with Crippen molar-refractivity contribution in [1.29, 1.82) is 0 Å². The molecular formula is C25H30FN3OS. The fraction of sp³-hybridized carbons (Fsp3) is 0.240. The zero-order valence-corrected chi connectivity index (χ0v) is 19.3. The van der Waals surface area contributed by atoms with Gasteiger partial charge in [0.15, 0.2) is 0 Å². The largest absolute Gasteiger partial charge is 0.400 e. The van der Waals surface area contributed by atoms with Gasteiger partial charge in [0, 0.05) is 12.7 Å². The Morgan fingerprint density at radius 2 is 1.58 bits per heavy atom. The van der Waals surface area contributed by atoms with Crippen molar-refractivity contribution in [2.75, 3.05) is 12.4 Å². The summed E-state index contributed by atoms with van der Waals surface area (Å²) in [6.45, 7) is 6.38. The van der Waals surface area contributed by atoms with Gasteiger partial charge in [-0.05, 0) is 48.6 Å². The molecule has 0 atom stereocenters. The predicted octanol–water partition coefficient (Wildman–Crippen LogP) is 5.94. The van der Waals surface area contributed by atoms with Crippen molar-refractivity contribution < 1.29 is 9.50 Å². The summed E-state index contributed by atoms with van der Waals surface area (Å²) < 4.78 is 17.0. The lowest BCUT2D eigenvalue weighted by atomic mass is 10.0. The van der Waals surface area contributed by atoms with Crippen LogP contribution in [0.1, 0.15) is 36.1 Å². The molecule has 31 heavy (non-hydrogen) atoms. The number of hydrogen-bond donors (Lipinski definition) is 3. The molecule has 0 unspecified atom stereocenters. The molecule has 164 valence electrons. The van der Waals surface area contributed by atoms with Gasteiger partial charge >= 0.3 is 0 Å². The molecule has 1 heterocycles. The van der Waals surface area contributed by atoms with E-state index in [1.807, 2.05) is 19.9 Å². The lowest BCUT2D eigenvalue weighted by Crippen LogP contribution is -2.30. The van der Waals surface area contributed by atoms with E-state index in [0.717, 1.165) is 24.1 Å². The van der Waals surface area contributed by atoms with E-state index in [1.165, 1.54) is 34.7 Å². The number of guanidine groups is 1. The standard InChI is InChI=1S/C22H20FN3S.C2H6.CH4O/c1-15-9-11-16(12-10-15)13-17-6-4-8-20-21(17)25-22(26-27-20)24-14-18-5-2-3-7-19(18)23;2*1-2/h2-12H,13-14H2,1H3,(H2,24,25,26);1-2H3;2H,1H3. The summed E-state index contributed by atoms with van der Waals surface area (Å²) in [5.41, 5.74) is 5.38. The number of para-hydroxylation sites is 1. The third kappa shape index (κ3) is 6.84. The second-order valence-corrected chi connectivity index (χ2v) is 7.39. The summed E-state index contributed by atoms with van der Waals surface area (Å²) in [7, 11) is 1.00. The Morgan fingerprint density at radius 1 is 0.903 bits per heavy atom. The molecule has 6 heteroatoms. The van der Waals surface area contributed by atoms with Crippen LogP contribution < -0.4 is 10.0 Å². The van der Waals surface area contributed by atoms with Gasteiger partial charge in [-0.15, -0.1) is 0 Å². The Kier molecular flexibility index (Phi) is 10.1. The first-order valence-corrected chi connectivity index (χ1v) is 11.1. The number of anilines is 1. The van der Waals surface area contributed by atoms with Crippen molar-refractivity contribution in [3.63, 3.8) is 0 Å². The van der Waals surface area contributed by atoms with E-state index >= 15 is 0 Å². The number of aliphatic imine (C=N–C) groups is 1. The first-order valence-electron chi connectivity index (χ1n) is 10.3. The van der Waals surface area contributed by atoms with Crippen molar-refractivity contribution in [2.24, 2.45) is 4.99 Å². The van der Waals surface area contributed by atoms with Gasteiger partial charge in [0.2, 0.25) is 5.96 Å². The lowest BCUT2D eigenvalue weighted by Gasteiger charge is -2.23. The number of aliphatic hydroxyl groups excluding tert-OH is 1. The molecule has 0 saturated carbocycles. The van der Waals surface area contributed by atoms with E-state index < -0.39 is 0 Å². The normalized spacial score (nSPS) is 12.9. The quantitative estimate of drug-likeness (QED) is 0.441. The van der Waals surface area contributed by atoms with Gasteiger partial charge in [-0.3, -0.25) is 4.72 Å². The van der Waals surface area contributed by atoms with Crippen LogP contribution in [0.15, 0.2) is 76.6 Å². The third-order valence-electron chi connectivity index (χ3n) is 4.49. The van der Waals surface area contributed by atoms with Gasteiger partial charge in [0.25, 0.3) is 0 Å². The second kappa shape index (κ2) is 12.8. The van der Waals surface area contributed by atoms with Crippen molar-refractivity contribution in [1.82, 2.24) is 4.72 Å². The van der Waals surface area contributed by atoms with Crippen LogP contribution in [0.25, 0.3) is 0 Å². The number of fused-ring (bicyclic) bond motifs is 1. The van der Waals surface area contributed by atoms with Crippen molar-refractivity contribution in [2.45, 2.75) is 38.6 Å². The van der Waals surface area contributed by atoms with Crippen LogP contribution in [-0.2, 0) is 13.0 Å². The maximum Gasteiger partial charge on any atom is 0.206 e. The van der Waals surface area contributed by atoms with Gasteiger partial charge < -0.3 is 10.4 Å². The molecular weight excluding hydrogens is 409 g/mol. The molecule has 0 radical (unpaired) electrons. The summed E-state index contributed by atoms with van der Waals surface area (Å²) in [6.07, 6.45) is 0.845. The van der Waals surface area contributed by atoms with Crippen LogP contribution in [0.4, 0.5) is 10.1 Å². The minimum Gasteiger partial charge on any atom is -0.400 e. The maximum atomic E-state index is 13.8. The van der Waals surface area contributed by atoms with E-state index in [-0.39, 0.29) is 12.4 Å². The number of nitrogens with one attached hydrogen (secondary N) is 2. The molecule has 3 aromatic rings. The zero-order valence-electron chi connectivity index (χ0n) is 18.4. The molecule has 0 aliphatic carbocycles. The molecule has 1 aliphatic rings. The highest BCUT2D eigenvalue weighted by atomic mass is 32.2. The molecule has 3 aromatic carbocycles. The molecule has 1 aliphatic heterocycles. The highest BCUT2D eigenvalue weighted by molar-refractivity contribution is 7.98. The van der Waals surface area contributed by atoms with E-state index in [9.17, 15) is 4.39 Å². The molecule has 0 bridgehead atoms. The smallest absolute Gasteiger partial charge is 0.206 e. The summed E-state index contributed by atoms with van der Waals surface area (Å²) in [5.74, 6) is 0.415. The number of aryl methyl sites for hydroxylation is 1. The minimum absolute atomic E-state index is 0.231. The van der Waals surface area contributed by atoms with E-state index in [4.69, 9.17) is 5.11 Å². The fourth-order valence-corrected chi connectivity index (χ4v) is 3.74. The van der Waals surface area contributed by atoms with Gasteiger partial charge in [0.05, 0.1) is 17.1 Å². The van der Waals surface area contributed by atoms with Crippen molar-refractivity contribution in [3.05, 3.63) is 94.8 Å². The van der Waals surface area contributed by atoms with Crippen molar-refractivity contribution >= 4 is 23.6 Å². The Hall–Kier alpha value is -2.83. The molecule has 0 aromatic heterocycles. The monoisotopic (exact) mass is 439 g/mol. The van der Waals surface area contributed by atoms with Crippen LogP contribution in [0, 0.1) is 12.7 Å². The van der Waals surface area contributed by atoms with E-state index in [2.05, 4.69) is 64.4 Å². The number of nitrogens with zero attached hydrogens (tertiary/aromatic N) is 1. The molecule has 4 nitrogen and oxygen atoms in total. The number of hydrogen-bond acceptors (Lipinski definition) is 3. The third-order valence-corrected chi connectivity index (χ3v) is 5.35. The average Bonchev–Trinajstić information content (AvgIpc) is 2.83. The van der Waals surface area contributed by atoms with Gasteiger partial charge in [-0.2, -0.15) is 0 Å². The van der Waals surface area contributed by atoms with Crippen LogP contribution in [0.5, 0.6) is 0 Å². The highest BCUT2D eigenvalue weighted by Gasteiger charge is 2.17. The SMILES string of the molecule is CC.CO.Cc1ccc(Cc2cccc3c2NC(=NCc2ccccc2F)NS3)cc1. The summed E-state index contributed by atoms with van der Waals surface area (Å²) in [5, 5.41) is 10.4. The Morgan fingerprint density at radius 3 is 2.29 bits per heavy atom. The average molecular weight is 440 g/mol. The molecule has 0 fully saturated rings. The van der Waals surface area contributed by atoms with Crippen LogP contribution >= 0.6 is 11.9 Å². The van der Waals surface area contributed by atoms with Crippen LogP contribution in [0.3, 0.4) is 0 Å². The first-order chi connectivity index (χ1) is 15.2. The lowest BCUT2D eigenvalue weighted by molar-refractivity contribution is 0.399. The van der Waals surface area contributed by atoms with Crippen LogP contribution in [0.2, 0.25) is 0 Å². The first kappa shape index (κ1) is 24.4. The molecule has 3 N–H and O–H groups in total. The second-order valence-electron chi connectivity index (χ2n) is 6.54. The van der Waals surface area contributed by atoms with E-state index in [0.29, 0.717) is 11.5 Å².